The highest BCUT2D eigenvalue weighted by Crippen LogP contribution is 2.18. The van der Waals surface area contributed by atoms with Crippen LogP contribution in [0.2, 0.25) is 0 Å². The van der Waals surface area contributed by atoms with E-state index in [1.54, 1.807) is 20.8 Å². The largest absolute Gasteiger partial charge is 0.454 e. The fourth-order valence-electron chi connectivity index (χ4n) is 2.13. The molecule has 0 aliphatic carbocycles. The normalized spacial score (nSPS) is 22.2. The molecule has 0 unspecified atom stereocenters. The molecule has 0 aromatic heterocycles. The van der Waals surface area contributed by atoms with Crippen molar-refractivity contribution in [2.45, 2.75) is 58.6 Å². The van der Waals surface area contributed by atoms with Gasteiger partial charge in [0.1, 0.15) is 5.60 Å². The van der Waals surface area contributed by atoms with Gasteiger partial charge in [0.25, 0.3) is 5.78 Å². The van der Waals surface area contributed by atoms with Crippen LogP contribution in [0.5, 0.6) is 0 Å². The lowest BCUT2D eigenvalue weighted by Gasteiger charge is -2.33. The zero-order valence-corrected chi connectivity index (χ0v) is 11.3. The van der Waals surface area contributed by atoms with Crippen molar-refractivity contribution in [2.24, 2.45) is 0 Å². The average Bonchev–Trinajstić information content (AvgIpc) is 2.25. The zero-order chi connectivity index (χ0) is 13.1. The molecule has 4 nitrogen and oxygen atoms in total. The van der Waals surface area contributed by atoms with Crippen molar-refractivity contribution < 1.29 is 14.3 Å². The van der Waals surface area contributed by atoms with Gasteiger partial charge in [-0.2, -0.15) is 0 Å². The predicted octanol–water partition coefficient (Wildman–Crippen LogP) is 1.77. The van der Waals surface area contributed by atoms with E-state index in [1.165, 1.54) is 0 Å². The maximum Gasteiger partial charge on any atom is 0.376 e. The van der Waals surface area contributed by atoms with Gasteiger partial charge in [-0.25, -0.2) is 4.79 Å². The van der Waals surface area contributed by atoms with Crippen molar-refractivity contribution in [1.29, 1.82) is 0 Å². The zero-order valence-electron chi connectivity index (χ0n) is 11.3. The average molecular weight is 241 g/mol. The van der Waals surface area contributed by atoms with Gasteiger partial charge in [0.05, 0.1) is 6.04 Å². The highest BCUT2D eigenvalue weighted by Gasteiger charge is 2.34. The molecular weight excluding hydrogens is 218 g/mol. The SMILES string of the molecule is CCN1CCCC[C@H]1C(=O)C(=O)OC(C)(C)C. The van der Waals surface area contributed by atoms with Crippen LogP contribution < -0.4 is 0 Å². The lowest BCUT2D eigenvalue weighted by atomic mass is 9.98. The lowest BCUT2D eigenvalue weighted by molar-refractivity contribution is -0.165. The molecule has 0 aromatic rings. The number of nitrogens with zero attached hydrogens (tertiary/aromatic N) is 1. The van der Waals surface area contributed by atoms with E-state index in [4.69, 9.17) is 4.74 Å². The van der Waals surface area contributed by atoms with Crippen LogP contribution in [-0.4, -0.2) is 41.4 Å². The van der Waals surface area contributed by atoms with E-state index in [1.807, 2.05) is 6.92 Å². The Morgan fingerprint density at radius 2 is 1.94 bits per heavy atom. The molecule has 0 aromatic carbocycles. The van der Waals surface area contributed by atoms with Gasteiger partial charge in [0, 0.05) is 0 Å². The van der Waals surface area contributed by atoms with E-state index in [-0.39, 0.29) is 11.8 Å². The van der Waals surface area contributed by atoms with Crippen LogP contribution in [0.15, 0.2) is 0 Å². The van der Waals surface area contributed by atoms with Gasteiger partial charge in [0.2, 0.25) is 0 Å². The molecule has 1 saturated heterocycles. The van der Waals surface area contributed by atoms with Crippen molar-refractivity contribution >= 4 is 11.8 Å². The fourth-order valence-corrected chi connectivity index (χ4v) is 2.13. The van der Waals surface area contributed by atoms with Crippen molar-refractivity contribution in [2.75, 3.05) is 13.1 Å². The molecule has 1 heterocycles. The number of hydrogen-bond donors (Lipinski definition) is 0. The quantitative estimate of drug-likeness (QED) is 0.558. The number of piperidine rings is 1. The Kier molecular flexibility index (Phi) is 4.69. The van der Waals surface area contributed by atoms with Crippen LogP contribution in [-0.2, 0) is 14.3 Å². The molecule has 1 rings (SSSR count). The summed E-state index contributed by atoms with van der Waals surface area (Å²) in [5.74, 6) is -1.08. The van der Waals surface area contributed by atoms with E-state index in [2.05, 4.69) is 4.90 Å². The summed E-state index contributed by atoms with van der Waals surface area (Å²) in [6.45, 7) is 9.04. The molecule has 0 saturated carbocycles. The first-order valence-corrected chi connectivity index (χ1v) is 6.36. The first-order valence-electron chi connectivity index (χ1n) is 6.36. The second-order valence-electron chi connectivity index (χ2n) is 5.51. The number of esters is 1. The summed E-state index contributed by atoms with van der Waals surface area (Å²) in [6.07, 6.45) is 2.88. The number of rotatable bonds is 3. The molecule has 0 spiro atoms. The Balaban J connectivity index is 2.64. The van der Waals surface area contributed by atoms with Crippen molar-refractivity contribution in [1.82, 2.24) is 4.90 Å². The van der Waals surface area contributed by atoms with Gasteiger partial charge in [-0.1, -0.05) is 13.3 Å². The number of hydrogen-bond acceptors (Lipinski definition) is 4. The minimum atomic E-state index is -0.692. The molecule has 1 fully saturated rings. The van der Waals surface area contributed by atoms with Crippen molar-refractivity contribution in [3.05, 3.63) is 0 Å². The minimum Gasteiger partial charge on any atom is -0.454 e. The number of ether oxygens (including phenoxy) is 1. The van der Waals surface area contributed by atoms with Crippen LogP contribution in [0.25, 0.3) is 0 Å². The van der Waals surface area contributed by atoms with Crippen molar-refractivity contribution in [3.8, 4) is 0 Å². The van der Waals surface area contributed by atoms with Crippen LogP contribution >= 0.6 is 0 Å². The standard InChI is InChI=1S/C13H23NO3/c1-5-14-9-7-6-8-10(14)11(15)12(16)17-13(2,3)4/h10H,5-9H2,1-4H3/t10-/m0/s1. The number of ketones is 1. The van der Waals surface area contributed by atoms with E-state index in [9.17, 15) is 9.59 Å². The highest BCUT2D eigenvalue weighted by atomic mass is 16.6. The molecule has 1 atom stereocenters. The van der Waals surface area contributed by atoms with Gasteiger partial charge < -0.3 is 4.74 Å². The second kappa shape index (κ2) is 5.63. The first-order chi connectivity index (χ1) is 7.85. The Morgan fingerprint density at radius 1 is 1.29 bits per heavy atom. The van der Waals surface area contributed by atoms with Crippen LogP contribution in [0.3, 0.4) is 0 Å². The van der Waals surface area contributed by atoms with E-state index in [0.717, 1.165) is 32.4 Å². The van der Waals surface area contributed by atoms with Crippen LogP contribution in [0.1, 0.15) is 47.0 Å². The van der Waals surface area contributed by atoms with Gasteiger partial charge in [0.15, 0.2) is 0 Å². The predicted molar refractivity (Wildman–Crippen MR) is 65.7 cm³/mol. The minimum absolute atomic E-state index is 0.274. The molecular formula is C13H23NO3. The Hall–Kier alpha value is -0.900. The summed E-state index contributed by atoms with van der Waals surface area (Å²) >= 11 is 0. The summed E-state index contributed by atoms with van der Waals surface area (Å²) in [4.78, 5) is 25.8. The summed E-state index contributed by atoms with van der Waals surface area (Å²) in [7, 11) is 0. The second-order valence-corrected chi connectivity index (χ2v) is 5.51. The molecule has 1 aliphatic heterocycles. The molecule has 4 heteroatoms. The van der Waals surface area contributed by atoms with E-state index >= 15 is 0 Å². The third-order valence-corrected chi connectivity index (χ3v) is 2.92. The van der Waals surface area contributed by atoms with Gasteiger partial charge in [-0.05, 0) is 46.7 Å². The third kappa shape index (κ3) is 4.11. The molecule has 98 valence electrons. The number of carbonyl (C=O) groups is 2. The molecule has 0 N–H and O–H groups in total. The summed E-state index contributed by atoms with van der Waals surface area (Å²) in [5, 5.41) is 0. The van der Waals surface area contributed by atoms with Crippen molar-refractivity contribution in [3.63, 3.8) is 0 Å². The van der Waals surface area contributed by atoms with Gasteiger partial charge >= 0.3 is 5.97 Å². The Morgan fingerprint density at radius 3 is 2.47 bits per heavy atom. The van der Waals surface area contributed by atoms with E-state index in [0.29, 0.717) is 0 Å². The fraction of sp³-hybridized carbons (Fsp3) is 0.846. The lowest BCUT2D eigenvalue weighted by Crippen LogP contribution is -2.48. The van der Waals surface area contributed by atoms with Crippen LogP contribution in [0.4, 0.5) is 0 Å². The van der Waals surface area contributed by atoms with E-state index < -0.39 is 11.6 Å². The third-order valence-electron chi connectivity index (χ3n) is 2.92. The Bertz CT molecular complexity index is 294. The molecule has 0 radical (unpaired) electrons. The number of Topliss-reactive ketones (excluding diaryl/α,β-unsaturated/α-hetero) is 1. The summed E-state index contributed by atoms with van der Waals surface area (Å²) < 4.78 is 5.13. The maximum absolute atomic E-state index is 12.0. The molecule has 0 bridgehead atoms. The summed E-state index contributed by atoms with van der Waals surface area (Å²) in [5.41, 5.74) is -0.599. The monoisotopic (exact) mass is 241 g/mol. The maximum atomic E-state index is 12.0. The molecule has 0 amide bonds. The number of likely N-dealkylation sites (N-methyl/N-ethyl adjacent to an activating group) is 1. The first kappa shape index (κ1) is 14.2. The smallest absolute Gasteiger partial charge is 0.376 e. The summed E-state index contributed by atoms with van der Waals surface area (Å²) in [6, 6.07) is -0.274. The molecule has 1 aliphatic rings. The highest BCUT2D eigenvalue weighted by molar-refractivity contribution is 6.35. The number of carbonyl (C=O) groups excluding carboxylic acids is 2. The van der Waals surface area contributed by atoms with Gasteiger partial charge in [-0.3, -0.25) is 9.69 Å². The topological polar surface area (TPSA) is 46.6 Å². The van der Waals surface area contributed by atoms with Gasteiger partial charge in [-0.15, -0.1) is 0 Å². The van der Waals surface area contributed by atoms with Crippen LogP contribution in [0, 0.1) is 0 Å². The Labute approximate surface area is 103 Å². The molecule has 17 heavy (non-hydrogen) atoms. The number of likely N-dealkylation sites (tertiary alicyclic amines) is 1.